The first kappa shape index (κ1) is 14.1. The Labute approximate surface area is 118 Å². The summed E-state index contributed by atoms with van der Waals surface area (Å²) in [6, 6.07) is 7.36. The molecule has 1 aromatic heterocycles. The number of methoxy groups -OCH3 is 2. The van der Waals surface area contributed by atoms with Crippen LogP contribution < -0.4 is 15.2 Å². The first-order valence-electron chi connectivity index (χ1n) is 6.53. The fourth-order valence-corrected chi connectivity index (χ4v) is 2.00. The predicted octanol–water partition coefficient (Wildman–Crippen LogP) is 2.70. The fourth-order valence-electron chi connectivity index (χ4n) is 2.00. The molecular formula is C15H19N3O2. The van der Waals surface area contributed by atoms with Crippen molar-refractivity contribution in [1.82, 2.24) is 9.97 Å². The van der Waals surface area contributed by atoms with Gasteiger partial charge in [-0.25, -0.2) is 9.97 Å². The minimum Gasteiger partial charge on any atom is -0.497 e. The second-order valence-corrected chi connectivity index (χ2v) is 4.41. The Morgan fingerprint density at radius 2 is 1.90 bits per heavy atom. The zero-order valence-electron chi connectivity index (χ0n) is 12.0. The number of hydrogen-bond donors (Lipinski definition) is 1. The lowest BCUT2D eigenvalue weighted by Gasteiger charge is -2.11. The van der Waals surface area contributed by atoms with E-state index in [-0.39, 0.29) is 0 Å². The SMILES string of the molecule is CCCc1nc(N)cc(-c2ccc(OC)cc2OC)n1. The zero-order valence-corrected chi connectivity index (χ0v) is 12.0. The van der Waals surface area contributed by atoms with Crippen molar-refractivity contribution in [3.63, 3.8) is 0 Å². The molecule has 1 heterocycles. The van der Waals surface area contributed by atoms with E-state index in [1.54, 1.807) is 20.3 Å². The van der Waals surface area contributed by atoms with E-state index in [4.69, 9.17) is 15.2 Å². The maximum absolute atomic E-state index is 5.86. The summed E-state index contributed by atoms with van der Waals surface area (Å²) in [7, 11) is 3.24. The zero-order chi connectivity index (χ0) is 14.5. The number of hydrogen-bond acceptors (Lipinski definition) is 5. The Balaban J connectivity index is 2.50. The van der Waals surface area contributed by atoms with E-state index >= 15 is 0 Å². The molecule has 2 N–H and O–H groups in total. The number of ether oxygens (including phenoxy) is 2. The third-order valence-corrected chi connectivity index (χ3v) is 2.95. The van der Waals surface area contributed by atoms with Gasteiger partial charge in [-0.15, -0.1) is 0 Å². The van der Waals surface area contributed by atoms with Gasteiger partial charge in [-0.05, 0) is 18.6 Å². The summed E-state index contributed by atoms with van der Waals surface area (Å²) in [6.07, 6.45) is 1.78. The molecule has 0 saturated heterocycles. The van der Waals surface area contributed by atoms with Gasteiger partial charge in [0.15, 0.2) is 0 Å². The molecule has 0 unspecified atom stereocenters. The maximum atomic E-state index is 5.86. The van der Waals surface area contributed by atoms with Crippen molar-refractivity contribution < 1.29 is 9.47 Å². The smallest absolute Gasteiger partial charge is 0.131 e. The van der Waals surface area contributed by atoms with E-state index in [9.17, 15) is 0 Å². The van der Waals surface area contributed by atoms with Crippen molar-refractivity contribution in [2.24, 2.45) is 0 Å². The summed E-state index contributed by atoms with van der Waals surface area (Å²) >= 11 is 0. The average molecular weight is 273 g/mol. The van der Waals surface area contributed by atoms with Gasteiger partial charge in [-0.2, -0.15) is 0 Å². The van der Waals surface area contributed by atoms with Crippen LogP contribution in [0.25, 0.3) is 11.3 Å². The maximum Gasteiger partial charge on any atom is 0.131 e. The molecule has 0 bridgehead atoms. The minimum atomic E-state index is 0.469. The Hall–Kier alpha value is -2.30. The van der Waals surface area contributed by atoms with E-state index in [2.05, 4.69) is 16.9 Å². The number of nitrogens with two attached hydrogens (primary N) is 1. The van der Waals surface area contributed by atoms with Gasteiger partial charge < -0.3 is 15.2 Å². The molecule has 0 saturated carbocycles. The van der Waals surface area contributed by atoms with Gasteiger partial charge in [0.2, 0.25) is 0 Å². The van der Waals surface area contributed by atoms with Crippen LogP contribution in [-0.4, -0.2) is 24.2 Å². The molecule has 0 aliphatic rings. The van der Waals surface area contributed by atoms with E-state index in [1.165, 1.54) is 0 Å². The van der Waals surface area contributed by atoms with Gasteiger partial charge in [0, 0.05) is 24.1 Å². The van der Waals surface area contributed by atoms with Crippen LogP contribution in [0.2, 0.25) is 0 Å². The number of aromatic nitrogens is 2. The van der Waals surface area contributed by atoms with E-state index in [0.717, 1.165) is 35.7 Å². The van der Waals surface area contributed by atoms with Crippen molar-refractivity contribution in [3.8, 4) is 22.8 Å². The van der Waals surface area contributed by atoms with Crippen LogP contribution in [0.4, 0.5) is 5.82 Å². The molecule has 0 atom stereocenters. The van der Waals surface area contributed by atoms with Crippen molar-refractivity contribution in [3.05, 3.63) is 30.1 Å². The Bertz CT molecular complexity index is 600. The summed E-state index contributed by atoms with van der Waals surface area (Å²) in [6.45, 7) is 2.08. The lowest BCUT2D eigenvalue weighted by Crippen LogP contribution is -2.02. The summed E-state index contributed by atoms with van der Waals surface area (Å²) in [5.74, 6) is 2.66. The molecule has 20 heavy (non-hydrogen) atoms. The Morgan fingerprint density at radius 3 is 2.55 bits per heavy atom. The third kappa shape index (κ3) is 2.99. The third-order valence-electron chi connectivity index (χ3n) is 2.95. The summed E-state index contributed by atoms with van der Waals surface area (Å²) in [4.78, 5) is 8.79. The van der Waals surface area contributed by atoms with Crippen molar-refractivity contribution in [2.75, 3.05) is 20.0 Å². The molecule has 2 aromatic rings. The molecule has 0 radical (unpaired) electrons. The number of aryl methyl sites for hydroxylation is 1. The highest BCUT2D eigenvalue weighted by Gasteiger charge is 2.11. The number of rotatable bonds is 5. The molecule has 2 rings (SSSR count). The van der Waals surface area contributed by atoms with E-state index in [1.807, 2.05) is 18.2 Å². The quantitative estimate of drug-likeness (QED) is 0.907. The topological polar surface area (TPSA) is 70.3 Å². The van der Waals surface area contributed by atoms with Crippen LogP contribution in [0.3, 0.4) is 0 Å². The summed E-state index contributed by atoms with van der Waals surface area (Å²) in [5.41, 5.74) is 7.50. The van der Waals surface area contributed by atoms with Crippen LogP contribution in [0.1, 0.15) is 19.2 Å². The van der Waals surface area contributed by atoms with E-state index < -0.39 is 0 Å². The lowest BCUT2D eigenvalue weighted by atomic mass is 10.1. The summed E-state index contributed by atoms with van der Waals surface area (Å²) in [5, 5.41) is 0. The monoisotopic (exact) mass is 273 g/mol. The molecule has 0 aliphatic heterocycles. The Morgan fingerprint density at radius 1 is 1.10 bits per heavy atom. The van der Waals surface area contributed by atoms with Crippen molar-refractivity contribution in [1.29, 1.82) is 0 Å². The molecule has 1 aromatic carbocycles. The van der Waals surface area contributed by atoms with Gasteiger partial charge >= 0.3 is 0 Å². The van der Waals surface area contributed by atoms with Crippen molar-refractivity contribution >= 4 is 5.82 Å². The second-order valence-electron chi connectivity index (χ2n) is 4.41. The van der Waals surface area contributed by atoms with Crippen LogP contribution in [0.15, 0.2) is 24.3 Å². The average Bonchev–Trinajstić information content (AvgIpc) is 2.46. The van der Waals surface area contributed by atoms with Crippen LogP contribution in [-0.2, 0) is 6.42 Å². The van der Waals surface area contributed by atoms with Gasteiger partial charge in [-0.1, -0.05) is 6.92 Å². The van der Waals surface area contributed by atoms with E-state index in [0.29, 0.717) is 11.6 Å². The highest BCUT2D eigenvalue weighted by atomic mass is 16.5. The number of anilines is 1. The highest BCUT2D eigenvalue weighted by molar-refractivity contribution is 5.70. The normalized spacial score (nSPS) is 10.3. The second kappa shape index (κ2) is 6.23. The van der Waals surface area contributed by atoms with Crippen LogP contribution in [0.5, 0.6) is 11.5 Å². The summed E-state index contributed by atoms with van der Waals surface area (Å²) < 4.78 is 10.6. The Kier molecular flexibility index (Phi) is 4.40. The van der Waals surface area contributed by atoms with Gasteiger partial charge in [0.05, 0.1) is 19.9 Å². The first-order valence-corrected chi connectivity index (χ1v) is 6.53. The highest BCUT2D eigenvalue weighted by Crippen LogP contribution is 2.32. The number of nitrogen functional groups attached to an aromatic ring is 1. The first-order chi connectivity index (χ1) is 9.67. The predicted molar refractivity (Wildman–Crippen MR) is 79.0 cm³/mol. The standard InChI is InChI=1S/C15H19N3O2/c1-4-5-15-17-12(9-14(16)18-15)11-7-6-10(19-2)8-13(11)20-3/h6-9H,4-5H2,1-3H3,(H2,16,17,18). The molecule has 0 spiro atoms. The molecule has 0 aliphatic carbocycles. The number of nitrogens with zero attached hydrogens (tertiary/aromatic N) is 2. The molecule has 0 fully saturated rings. The largest absolute Gasteiger partial charge is 0.497 e. The van der Waals surface area contributed by atoms with Gasteiger partial charge in [0.1, 0.15) is 23.1 Å². The molecule has 5 nitrogen and oxygen atoms in total. The molecule has 5 heteroatoms. The lowest BCUT2D eigenvalue weighted by molar-refractivity contribution is 0.395. The molecule has 0 amide bonds. The van der Waals surface area contributed by atoms with Crippen LogP contribution in [0, 0.1) is 0 Å². The minimum absolute atomic E-state index is 0.469. The molecular weight excluding hydrogens is 254 g/mol. The fraction of sp³-hybridized carbons (Fsp3) is 0.333. The molecule has 106 valence electrons. The van der Waals surface area contributed by atoms with Crippen LogP contribution >= 0.6 is 0 Å². The van der Waals surface area contributed by atoms with Crippen molar-refractivity contribution in [2.45, 2.75) is 19.8 Å². The number of benzene rings is 1. The van der Waals surface area contributed by atoms with Gasteiger partial charge in [0.25, 0.3) is 0 Å². The van der Waals surface area contributed by atoms with Gasteiger partial charge in [-0.3, -0.25) is 0 Å².